The molecule has 0 aliphatic carbocycles. The first-order valence-electron chi connectivity index (χ1n) is 2.34. The minimum absolute atomic E-state index is 0.0359. The molecule has 0 fully saturated rings. The first-order chi connectivity index (χ1) is 4.04. The lowest BCUT2D eigenvalue weighted by atomic mass is 10.2. The van der Waals surface area contributed by atoms with E-state index in [2.05, 4.69) is 6.58 Å². The van der Waals surface area contributed by atoms with Crippen LogP contribution in [0.15, 0.2) is 11.6 Å². The van der Waals surface area contributed by atoms with Gasteiger partial charge in [-0.25, -0.2) is 0 Å². The van der Waals surface area contributed by atoms with Gasteiger partial charge in [-0.2, -0.15) is 0 Å². The van der Waals surface area contributed by atoms with Crippen LogP contribution in [0, 0.1) is 0 Å². The lowest BCUT2D eigenvalue weighted by Crippen LogP contribution is -2.19. The van der Waals surface area contributed by atoms with Crippen molar-refractivity contribution in [2.24, 2.45) is 5.73 Å². The zero-order valence-corrected chi connectivity index (χ0v) is 5.56. The molecular weight excluding hydrogens is 142 g/mol. The number of carbonyl (C=O) groups is 1. The molecule has 0 saturated carbocycles. The van der Waals surface area contributed by atoms with Gasteiger partial charge in [0, 0.05) is 5.03 Å². The van der Waals surface area contributed by atoms with Gasteiger partial charge < -0.3 is 10.8 Å². The molecule has 0 heterocycles. The Morgan fingerprint density at radius 2 is 2.33 bits per heavy atom. The highest BCUT2D eigenvalue weighted by molar-refractivity contribution is 6.29. The smallest absolute Gasteiger partial charge is 0.220 e. The Labute approximate surface area is 58.1 Å². The van der Waals surface area contributed by atoms with E-state index >= 15 is 0 Å². The Balaban J connectivity index is 3.63. The summed E-state index contributed by atoms with van der Waals surface area (Å²) in [5, 5.41) is 8.80. The van der Waals surface area contributed by atoms with Gasteiger partial charge in [-0.15, -0.1) is 0 Å². The van der Waals surface area contributed by atoms with Gasteiger partial charge in [0.05, 0.1) is 12.5 Å². The molecule has 0 aromatic rings. The van der Waals surface area contributed by atoms with Gasteiger partial charge in [0.15, 0.2) is 0 Å². The van der Waals surface area contributed by atoms with Gasteiger partial charge in [0.1, 0.15) is 0 Å². The first kappa shape index (κ1) is 8.46. The summed E-state index contributed by atoms with van der Waals surface area (Å²) in [6, 6.07) is 0. The zero-order chi connectivity index (χ0) is 7.44. The van der Waals surface area contributed by atoms with E-state index in [0.29, 0.717) is 0 Å². The van der Waals surface area contributed by atoms with Crippen molar-refractivity contribution >= 4 is 17.5 Å². The summed E-state index contributed by atoms with van der Waals surface area (Å²) < 4.78 is 0. The molecule has 52 valence electrons. The van der Waals surface area contributed by atoms with E-state index in [0.717, 1.165) is 0 Å². The second-order valence-corrected chi connectivity index (χ2v) is 2.12. The van der Waals surface area contributed by atoms with E-state index in [4.69, 9.17) is 22.4 Å². The van der Waals surface area contributed by atoms with E-state index in [9.17, 15) is 4.79 Å². The Hall–Kier alpha value is -0.540. The fraction of sp³-hybridized carbons (Fsp3) is 0.400. The number of primary amides is 1. The van der Waals surface area contributed by atoms with Gasteiger partial charge >= 0.3 is 0 Å². The van der Waals surface area contributed by atoms with Gasteiger partial charge in [0.2, 0.25) is 5.91 Å². The summed E-state index contributed by atoms with van der Waals surface area (Å²) >= 11 is 5.22. The van der Waals surface area contributed by atoms with Crippen LogP contribution in [0.2, 0.25) is 0 Å². The van der Waals surface area contributed by atoms with Crippen LogP contribution in [0.3, 0.4) is 0 Å². The summed E-state index contributed by atoms with van der Waals surface area (Å²) in [7, 11) is 0. The van der Waals surface area contributed by atoms with Crippen LogP contribution in [0.4, 0.5) is 0 Å². The first-order valence-corrected chi connectivity index (χ1v) is 2.72. The number of aliphatic hydroxyl groups is 1. The van der Waals surface area contributed by atoms with Crippen molar-refractivity contribution in [3.8, 4) is 0 Å². The summed E-state index contributed by atoms with van der Waals surface area (Å²) in [4.78, 5) is 10.1. The Kier molecular flexibility index (Phi) is 3.27. The lowest BCUT2D eigenvalue weighted by molar-refractivity contribution is -0.119. The summed E-state index contributed by atoms with van der Waals surface area (Å²) in [5.41, 5.74) is 4.73. The van der Waals surface area contributed by atoms with E-state index in [1.54, 1.807) is 0 Å². The quantitative estimate of drug-likeness (QED) is 0.592. The maximum atomic E-state index is 10.1. The van der Waals surface area contributed by atoms with Crippen molar-refractivity contribution in [1.82, 2.24) is 0 Å². The number of halogens is 1. The summed E-state index contributed by atoms with van der Waals surface area (Å²) in [6.07, 6.45) is -1.17. The average Bonchev–Trinajstić information content (AvgIpc) is 1.63. The second kappa shape index (κ2) is 3.48. The van der Waals surface area contributed by atoms with E-state index in [1.165, 1.54) is 0 Å². The van der Waals surface area contributed by atoms with Crippen LogP contribution in [0.25, 0.3) is 0 Å². The number of carbonyl (C=O) groups excluding carboxylic acids is 1. The molecule has 1 atom stereocenters. The predicted molar refractivity (Wildman–Crippen MR) is 34.8 cm³/mol. The molecule has 9 heavy (non-hydrogen) atoms. The molecule has 0 aromatic heterocycles. The van der Waals surface area contributed by atoms with Crippen molar-refractivity contribution in [3.05, 3.63) is 11.6 Å². The molecule has 0 bridgehead atoms. The molecule has 0 aliphatic heterocycles. The molecule has 0 saturated heterocycles. The molecule has 0 rings (SSSR count). The molecule has 3 N–H and O–H groups in total. The number of amides is 1. The minimum Gasteiger partial charge on any atom is -0.387 e. The average molecular weight is 150 g/mol. The number of aliphatic hydroxyl groups excluding tert-OH is 1. The van der Waals surface area contributed by atoms with Crippen LogP contribution >= 0.6 is 11.6 Å². The third-order valence-corrected chi connectivity index (χ3v) is 1.01. The number of rotatable bonds is 3. The maximum absolute atomic E-state index is 10.1. The normalized spacial score (nSPS) is 12.7. The van der Waals surface area contributed by atoms with Gasteiger partial charge in [-0.3, -0.25) is 4.79 Å². The van der Waals surface area contributed by atoms with Crippen molar-refractivity contribution in [1.29, 1.82) is 0 Å². The fourth-order valence-electron chi connectivity index (χ4n) is 0.301. The largest absolute Gasteiger partial charge is 0.387 e. The van der Waals surface area contributed by atoms with Crippen molar-refractivity contribution in [3.63, 3.8) is 0 Å². The molecule has 1 amide bonds. The highest BCUT2D eigenvalue weighted by atomic mass is 35.5. The van der Waals surface area contributed by atoms with Crippen LogP contribution in [-0.4, -0.2) is 17.1 Å². The Morgan fingerprint density at radius 3 is 2.44 bits per heavy atom. The fourth-order valence-corrected chi connectivity index (χ4v) is 0.378. The molecule has 0 spiro atoms. The molecular formula is C5H8ClNO2. The maximum Gasteiger partial charge on any atom is 0.220 e. The number of hydrogen-bond donors (Lipinski definition) is 2. The van der Waals surface area contributed by atoms with Crippen LogP contribution < -0.4 is 5.73 Å². The zero-order valence-electron chi connectivity index (χ0n) is 4.80. The highest BCUT2D eigenvalue weighted by Gasteiger charge is 2.08. The lowest BCUT2D eigenvalue weighted by Gasteiger charge is -2.03. The summed E-state index contributed by atoms with van der Waals surface area (Å²) in [6.45, 7) is 3.22. The van der Waals surface area contributed by atoms with Crippen molar-refractivity contribution in [2.75, 3.05) is 0 Å². The number of hydrogen-bond acceptors (Lipinski definition) is 2. The van der Waals surface area contributed by atoms with Gasteiger partial charge in [0.25, 0.3) is 0 Å². The molecule has 0 radical (unpaired) electrons. The second-order valence-electron chi connectivity index (χ2n) is 1.63. The van der Waals surface area contributed by atoms with Crippen LogP contribution in [0.1, 0.15) is 6.42 Å². The molecule has 1 unspecified atom stereocenters. The third-order valence-electron chi connectivity index (χ3n) is 0.756. The molecule has 0 aliphatic rings. The van der Waals surface area contributed by atoms with E-state index in [-0.39, 0.29) is 11.5 Å². The van der Waals surface area contributed by atoms with E-state index < -0.39 is 12.0 Å². The standard InChI is InChI=1S/C5H8ClNO2/c1-3(6)4(8)2-5(7)9/h4,8H,1-2H2,(H2,7,9). The third kappa shape index (κ3) is 4.00. The van der Waals surface area contributed by atoms with Crippen molar-refractivity contribution < 1.29 is 9.90 Å². The van der Waals surface area contributed by atoms with Crippen LogP contribution in [0.5, 0.6) is 0 Å². The minimum atomic E-state index is -1.01. The predicted octanol–water partition coefficient (Wildman–Crippen LogP) is -0.0248. The monoisotopic (exact) mass is 149 g/mol. The number of nitrogens with two attached hydrogens (primary N) is 1. The van der Waals surface area contributed by atoms with Crippen LogP contribution in [-0.2, 0) is 4.79 Å². The highest BCUT2D eigenvalue weighted by Crippen LogP contribution is 2.06. The Bertz CT molecular complexity index is 135. The molecule has 4 heteroatoms. The Morgan fingerprint density at radius 1 is 1.89 bits per heavy atom. The van der Waals surface area contributed by atoms with Gasteiger partial charge in [-0.05, 0) is 0 Å². The molecule has 3 nitrogen and oxygen atoms in total. The molecule has 0 aromatic carbocycles. The van der Waals surface area contributed by atoms with Crippen molar-refractivity contribution in [2.45, 2.75) is 12.5 Å². The summed E-state index contributed by atoms with van der Waals surface area (Å²) in [5.74, 6) is -0.593. The SMILES string of the molecule is C=C(Cl)C(O)CC(N)=O. The van der Waals surface area contributed by atoms with E-state index in [1.807, 2.05) is 0 Å². The topological polar surface area (TPSA) is 63.3 Å². The van der Waals surface area contributed by atoms with Gasteiger partial charge in [-0.1, -0.05) is 18.2 Å².